The highest BCUT2D eigenvalue weighted by molar-refractivity contribution is 5.95. The van der Waals surface area contributed by atoms with Crippen LogP contribution in [0, 0.1) is 15.5 Å². The minimum atomic E-state index is -0.657. The van der Waals surface area contributed by atoms with Crippen molar-refractivity contribution in [2.24, 2.45) is 5.41 Å². The predicted octanol–water partition coefficient (Wildman–Crippen LogP) is 3.81. The van der Waals surface area contributed by atoms with E-state index in [2.05, 4.69) is 5.32 Å². The zero-order valence-corrected chi connectivity index (χ0v) is 13.9. The number of hydrogen-bond donors (Lipinski definition) is 1. The summed E-state index contributed by atoms with van der Waals surface area (Å²) >= 11 is 0. The molecule has 0 radical (unpaired) electrons. The van der Waals surface area contributed by atoms with Crippen molar-refractivity contribution in [3.05, 3.63) is 64.2 Å². The lowest BCUT2D eigenvalue weighted by Gasteiger charge is -2.23. The molecule has 0 bridgehead atoms. The molecule has 0 heterocycles. The van der Waals surface area contributed by atoms with Gasteiger partial charge in [-0.05, 0) is 24.1 Å². The summed E-state index contributed by atoms with van der Waals surface area (Å²) in [5.74, 6) is -0.0487. The maximum absolute atomic E-state index is 12.6. The molecule has 2 rings (SSSR count). The van der Waals surface area contributed by atoms with Gasteiger partial charge >= 0.3 is 5.69 Å². The molecule has 0 saturated heterocycles. The first kappa shape index (κ1) is 17.5. The van der Waals surface area contributed by atoms with E-state index in [0.717, 1.165) is 5.56 Å². The van der Waals surface area contributed by atoms with E-state index in [9.17, 15) is 14.9 Å². The lowest BCUT2D eigenvalue weighted by Crippen LogP contribution is -2.32. The molecule has 0 aliphatic heterocycles. The van der Waals surface area contributed by atoms with Crippen molar-refractivity contribution in [2.45, 2.75) is 20.3 Å². The largest absolute Gasteiger partial charge is 0.490 e. The highest BCUT2D eigenvalue weighted by Gasteiger charge is 2.28. The van der Waals surface area contributed by atoms with E-state index in [1.807, 2.05) is 44.2 Å². The zero-order valence-electron chi connectivity index (χ0n) is 13.9. The Morgan fingerprint density at radius 2 is 1.88 bits per heavy atom. The van der Waals surface area contributed by atoms with Crippen LogP contribution >= 0.6 is 0 Å². The lowest BCUT2D eigenvalue weighted by atomic mass is 9.84. The molecule has 0 atom stereocenters. The fraction of sp³-hybridized carbons (Fsp3) is 0.278. The van der Waals surface area contributed by atoms with Gasteiger partial charge in [-0.15, -0.1) is 0 Å². The lowest BCUT2D eigenvalue weighted by molar-refractivity contribution is -0.385. The molecule has 1 N–H and O–H groups in total. The highest BCUT2D eigenvalue weighted by atomic mass is 16.6. The highest BCUT2D eigenvalue weighted by Crippen LogP contribution is 2.31. The van der Waals surface area contributed by atoms with Gasteiger partial charge in [-0.25, -0.2) is 0 Å². The molecule has 6 nitrogen and oxygen atoms in total. The van der Waals surface area contributed by atoms with E-state index >= 15 is 0 Å². The quantitative estimate of drug-likeness (QED) is 0.646. The van der Waals surface area contributed by atoms with Crippen LogP contribution in [0.25, 0.3) is 0 Å². The van der Waals surface area contributed by atoms with Crippen LogP contribution in [0.3, 0.4) is 0 Å². The summed E-state index contributed by atoms with van der Waals surface area (Å²) in [6.07, 6.45) is 0.567. The first-order valence-electron chi connectivity index (χ1n) is 7.51. The zero-order chi connectivity index (χ0) is 17.7. The van der Waals surface area contributed by atoms with Gasteiger partial charge in [0, 0.05) is 17.2 Å². The fourth-order valence-corrected chi connectivity index (χ4v) is 2.40. The Kier molecular flexibility index (Phi) is 5.18. The van der Waals surface area contributed by atoms with E-state index in [0.29, 0.717) is 12.1 Å². The minimum absolute atomic E-state index is 0.154. The molecule has 0 unspecified atom stereocenters. The average Bonchev–Trinajstić information content (AvgIpc) is 2.55. The summed E-state index contributed by atoms with van der Waals surface area (Å²) in [7, 11) is 1.36. The van der Waals surface area contributed by atoms with Gasteiger partial charge in [0.25, 0.3) is 0 Å². The number of carbonyl (C=O) groups is 1. The SMILES string of the molecule is COc1ccc(NC(=O)C(C)(C)Cc2ccccc2)cc1[N+](=O)[O-]. The minimum Gasteiger partial charge on any atom is -0.490 e. The van der Waals surface area contributed by atoms with Gasteiger partial charge in [-0.2, -0.15) is 0 Å². The Morgan fingerprint density at radius 3 is 2.46 bits per heavy atom. The number of carbonyl (C=O) groups excluding carboxylic acids is 1. The number of amides is 1. The normalized spacial score (nSPS) is 11.0. The van der Waals surface area contributed by atoms with Gasteiger partial charge in [-0.3, -0.25) is 14.9 Å². The second kappa shape index (κ2) is 7.12. The summed E-state index contributed by atoms with van der Waals surface area (Å²) < 4.78 is 4.96. The van der Waals surface area contributed by atoms with Crippen LogP contribution in [0.4, 0.5) is 11.4 Å². The third kappa shape index (κ3) is 4.10. The smallest absolute Gasteiger partial charge is 0.312 e. The first-order chi connectivity index (χ1) is 11.3. The van der Waals surface area contributed by atoms with Gasteiger partial charge in [0.2, 0.25) is 5.91 Å². The van der Waals surface area contributed by atoms with Crippen molar-refractivity contribution >= 4 is 17.3 Å². The summed E-state index contributed by atoms with van der Waals surface area (Å²) in [6, 6.07) is 14.1. The Labute approximate surface area is 140 Å². The predicted molar refractivity (Wildman–Crippen MR) is 92.2 cm³/mol. The van der Waals surface area contributed by atoms with Crippen LogP contribution in [0.2, 0.25) is 0 Å². The molecule has 1 amide bonds. The first-order valence-corrected chi connectivity index (χ1v) is 7.51. The van der Waals surface area contributed by atoms with Crippen LogP contribution in [0.1, 0.15) is 19.4 Å². The third-order valence-electron chi connectivity index (χ3n) is 3.74. The molecule has 2 aromatic carbocycles. The molecule has 0 aromatic heterocycles. The van der Waals surface area contributed by atoms with Gasteiger partial charge in [0.1, 0.15) is 0 Å². The molecule has 0 fully saturated rings. The van der Waals surface area contributed by atoms with E-state index in [4.69, 9.17) is 4.74 Å². The topological polar surface area (TPSA) is 81.5 Å². The van der Waals surface area contributed by atoms with Gasteiger partial charge in [-0.1, -0.05) is 44.2 Å². The number of hydrogen-bond acceptors (Lipinski definition) is 4. The number of anilines is 1. The number of ether oxygens (including phenoxy) is 1. The van der Waals surface area contributed by atoms with Crippen molar-refractivity contribution in [2.75, 3.05) is 12.4 Å². The number of rotatable bonds is 6. The second-order valence-corrected chi connectivity index (χ2v) is 6.14. The number of nitro benzene ring substituents is 1. The summed E-state index contributed by atoms with van der Waals surface area (Å²) in [6.45, 7) is 3.68. The number of methoxy groups -OCH3 is 1. The molecule has 0 aliphatic rings. The summed E-state index contributed by atoms with van der Waals surface area (Å²) in [4.78, 5) is 23.1. The van der Waals surface area contributed by atoms with Crippen molar-refractivity contribution in [1.82, 2.24) is 0 Å². The van der Waals surface area contributed by atoms with Gasteiger partial charge < -0.3 is 10.1 Å². The van der Waals surface area contributed by atoms with Crippen molar-refractivity contribution < 1.29 is 14.5 Å². The van der Waals surface area contributed by atoms with Crippen molar-refractivity contribution in [1.29, 1.82) is 0 Å². The van der Waals surface area contributed by atoms with Crippen LogP contribution in [-0.2, 0) is 11.2 Å². The number of nitro groups is 1. The molecular weight excluding hydrogens is 308 g/mol. The van der Waals surface area contributed by atoms with Crippen molar-refractivity contribution in [3.63, 3.8) is 0 Å². The molecule has 0 spiro atoms. The van der Waals surface area contributed by atoms with E-state index in [-0.39, 0.29) is 17.3 Å². The van der Waals surface area contributed by atoms with Crippen molar-refractivity contribution in [3.8, 4) is 5.75 Å². The maximum atomic E-state index is 12.6. The monoisotopic (exact) mass is 328 g/mol. The molecule has 6 heteroatoms. The molecule has 2 aromatic rings. The molecular formula is C18H20N2O4. The van der Waals surface area contributed by atoms with Crippen LogP contribution in [0.5, 0.6) is 5.75 Å². The molecule has 0 saturated carbocycles. The Morgan fingerprint density at radius 1 is 1.21 bits per heavy atom. The number of nitrogens with one attached hydrogen (secondary N) is 1. The maximum Gasteiger partial charge on any atom is 0.312 e. The van der Waals surface area contributed by atoms with Gasteiger partial charge in [0.05, 0.1) is 12.0 Å². The van der Waals surface area contributed by atoms with Crippen LogP contribution in [0.15, 0.2) is 48.5 Å². The van der Waals surface area contributed by atoms with Crippen LogP contribution < -0.4 is 10.1 Å². The molecule has 126 valence electrons. The average molecular weight is 328 g/mol. The second-order valence-electron chi connectivity index (χ2n) is 6.14. The van der Waals surface area contributed by atoms with E-state index < -0.39 is 10.3 Å². The van der Waals surface area contributed by atoms with E-state index in [1.54, 1.807) is 6.07 Å². The van der Waals surface area contributed by atoms with Crippen LogP contribution in [-0.4, -0.2) is 17.9 Å². The number of benzene rings is 2. The van der Waals surface area contributed by atoms with Gasteiger partial charge in [0.15, 0.2) is 5.75 Å². The number of nitrogens with zero attached hydrogens (tertiary/aromatic N) is 1. The summed E-state index contributed by atoms with van der Waals surface area (Å²) in [5, 5.41) is 13.8. The Hall–Kier alpha value is -2.89. The summed E-state index contributed by atoms with van der Waals surface area (Å²) in [5.41, 5.74) is 0.582. The fourth-order valence-electron chi connectivity index (χ4n) is 2.40. The standard InChI is InChI=1S/C18H20N2O4/c1-18(2,12-13-7-5-4-6-8-13)17(21)19-14-9-10-16(24-3)15(11-14)20(22)23/h4-11H,12H2,1-3H3,(H,19,21). The molecule has 24 heavy (non-hydrogen) atoms. The van der Waals surface area contributed by atoms with E-state index in [1.165, 1.54) is 19.2 Å². The Balaban J connectivity index is 2.16. The third-order valence-corrected chi connectivity index (χ3v) is 3.74. The Bertz CT molecular complexity index is 742. The molecule has 0 aliphatic carbocycles.